The normalized spacial score (nSPS) is 28.9. The van der Waals surface area contributed by atoms with Crippen LogP contribution in [0.2, 0.25) is 0 Å². The largest absolute Gasteiger partial charge is 0.324 e. The number of hydrogen-bond donors (Lipinski definition) is 1. The van der Waals surface area contributed by atoms with E-state index < -0.39 is 16.9 Å². The van der Waals surface area contributed by atoms with Gasteiger partial charge in [-0.2, -0.15) is 0 Å². The first-order valence-electron chi connectivity index (χ1n) is 12.3. The molecule has 1 amide bonds. The summed E-state index contributed by atoms with van der Waals surface area (Å²) in [4.78, 5) is 32.9. The number of likely N-dealkylation sites (tertiary alicyclic amines) is 2. The number of carbonyl (C=O) groups excluding carboxylic acids is 2. The van der Waals surface area contributed by atoms with Gasteiger partial charge in [0.25, 0.3) is 5.91 Å². The molecule has 3 aliphatic heterocycles. The number of ketones is 1. The SMILES string of the molecule is CN1C/C(=C\c2cccc(F)c2)C(=O)[C@]2(C1)[C@@H](c1cccc(F)c1)CN(C)[C@@]21C(=O)Nc2ccccc21. The van der Waals surface area contributed by atoms with E-state index in [1.54, 1.807) is 24.3 Å². The number of Topliss-reactive ketones (excluding diaryl/α,β-unsaturated/α-hetero) is 1. The minimum absolute atomic E-state index is 0.166. The Labute approximate surface area is 214 Å². The maximum Gasteiger partial charge on any atom is 0.250 e. The highest BCUT2D eigenvalue weighted by atomic mass is 19.1. The molecule has 6 rings (SSSR count). The smallest absolute Gasteiger partial charge is 0.250 e. The lowest BCUT2D eigenvalue weighted by atomic mass is 9.56. The third-order valence-electron chi connectivity index (χ3n) is 8.26. The van der Waals surface area contributed by atoms with Crippen molar-refractivity contribution in [3.05, 3.63) is 107 Å². The summed E-state index contributed by atoms with van der Waals surface area (Å²) in [7, 11) is 3.78. The average molecular weight is 500 g/mol. The zero-order valence-electron chi connectivity index (χ0n) is 20.7. The van der Waals surface area contributed by atoms with E-state index in [0.717, 1.165) is 5.56 Å². The van der Waals surface area contributed by atoms with Gasteiger partial charge in [-0.05, 0) is 61.6 Å². The van der Waals surface area contributed by atoms with Gasteiger partial charge in [0.05, 0.1) is 5.41 Å². The number of rotatable bonds is 2. The second-order valence-electron chi connectivity index (χ2n) is 10.4. The topological polar surface area (TPSA) is 52.7 Å². The maximum atomic E-state index is 14.8. The van der Waals surface area contributed by atoms with Gasteiger partial charge in [-0.25, -0.2) is 8.78 Å². The van der Waals surface area contributed by atoms with Crippen LogP contribution in [0.5, 0.6) is 0 Å². The second-order valence-corrected chi connectivity index (χ2v) is 10.4. The summed E-state index contributed by atoms with van der Waals surface area (Å²) in [5, 5.41) is 3.03. The summed E-state index contributed by atoms with van der Waals surface area (Å²) in [5.41, 5.74) is 0.617. The quantitative estimate of drug-likeness (QED) is 0.531. The van der Waals surface area contributed by atoms with Crippen LogP contribution in [0.15, 0.2) is 78.4 Å². The van der Waals surface area contributed by atoms with Crippen molar-refractivity contribution < 1.29 is 18.4 Å². The first-order chi connectivity index (χ1) is 17.8. The van der Waals surface area contributed by atoms with Crippen molar-refractivity contribution in [1.29, 1.82) is 0 Å². The Morgan fingerprint density at radius 1 is 0.946 bits per heavy atom. The Hall–Kier alpha value is -3.68. The van der Waals surface area contributed by atoms with E-state index in [9.17, 15) is 18.4 Å². The number of para-hydroxylation sites is 1. The predicted octanol–water partition coefficient (Wildman–Crippen LogP) is 4.43. The molecule has 3 aromatic carbocycles. The van der Waals surface area contributed by atoms with Gasteiger partial charge in [0.15, 0.2) is 5.78 Å². The van der Waals surface area contributed by atoms with Crippen molar-refractivity contribution in [3.63, 3.8) is 0 Å². The zero-order chi connectivity index (χ0) is 25.9. The highest BCUT2D eigenvalue weighted by Crippen LogP contribution is 2.64. The van der Waals surface area contributed by atoms with Gasteiger partial charge in [-0.3, -0.25) is 14.5 Å². The third kappa shape index (κ3) is 3.27. The Balaban J connectivity index is 1.63. The molecule has 2 spiro atoms. The number of piperidine rings is 1. The molecule has 0 aromatic heterocycles. The molecule has 3 aromatic rings. The monoisotopic (exact) mass is 499 g/mol. The summed E-state index contributed by atoms with van der Waals surface area (Å²) in [6.07, 6.45) is 1.72. The number of hydrogen-bond acceptors (Lipinski definition) is 4. The number of halogens is 2. The summed E-state index contributed by atoms with van der Waals surface area (Å²) < 4.78 is 28.5. The molecule has 0 saturated carbocycles. The van der Waals surface area contributed by atoms with Gasteiger partial charge < -0.3 is 10.2 Å². The predicted molar refractivity (Wildman–Crippen MR) is 138 cm³/mol. The molecule has 2 fully saturated rings. The molecular formula is C30H27F2N3O2. The first-order valence-corrected chi connectivity index (χ1v) is 12.3. The Morgan fingerprint density at radius 3 is 2.43 bits per heavy atom. The van der Waals surface area contributed by atoms with E-state index in [-0.39, 0.29) is 23.3 Å². The lowest BCUT2D eigenvalue weighted by Gasteiger charge is -2.50. The highest BCUT2D eigenvalue weighted by molar-refractivity contribution is 6.15. The van der Waals surface area contributed by atoms with Crippen molar-refractivity contribution in [2.24, 2.45) is 5.41 Å². The third-order valence-corrected chi connectivity index (χ3v) is 8.26. The van der Waals surface area contributed by atoms with Crippen molar-refractivity contribution >= 4 is 23.5 Å². The van der Waals surface area contributed by atoms with Gasteiger partial charge >= 0.3 is 0 Å². The molecule has 0 unspecified atom stereocenters. The summed E-state index contributed by atoms with van der Waals surface area (Å²) in [6, 6.07) is 19.9. The molecule has 5 nitrogen and oxygen atoms in total. The summed E-state index contributed by atoms with van der Waals surface area (Å²) in [5.74, 6) is -1.67. The van der Waals surface area contributed by atoms with Crippen LogP contribution in [0.1, 0.15) is 22.6 Å². The molecule has 0 aliphatic carbocycles. The van der Waals surface area contributed by atoms with Crippen LogP contribution in [0, 0.1) is 17.0 Å². The van der Waals surface area contributed by atoms with Crippen LogP contribution in [0.25, 0.3) is 6.08 Å². The minimum Gasteiger partial charge on any atom is -0.324 e. The molecule has 0 bridgehead atoms. The van der Waals surface area contributed by atoms with Crippen molar-refractivity contribution in [1.82, 2.24) is 9.80 Å². The van der Waals surface area contributed by atoms with E-state index >= 15 is 0 Å². The van der Waals surface area contributed by atoms with Gasteiger partial charge in [-0.15, -0.1) is 0 Å². The van der Waals surface area contributed by atoms with Crippen LogP contribution < -0.4 is 5.32 Å². The van der Waals surface area contributed by atoms with Crippen LogP contribution in [0.3, 0.4) is 0 Å². The lowest BCUT2D eigenvalue weighted by molar-refractivity contribution is -0.146. The number of benzene rings is 3. The van der Waals surface area contributed by atoms with Gasteiger partial charge in [0.1, 0.15) is 17.2 Å². The molecule has 2 saturated heterocycles. The number of carbonyl (C=O) groups is 2. The molecule has 3 heterocycles. The highest BCUT2D eigenvalue weighted by Gasteiger charge is 2.74. The average Bonchev–Trinajstić information content (AvgIpc) is 3.30. The number of likely N-dealkylation sites (N-methyl/N-ethyl adjacent to an activating group) is 2. The molecule has 3 aliphatic rings. The Kier molecular flexibility index (Phi) is 5.40. The second kappa shape index (κ2) is 8.43. The maximum absolute atomic E-state index is 14.8. The van der Waals surface area contributed by atoms with Gasteiger partial charge in [-0.1, -0.05) is 42.5 Å². The fourth-order valence-electron chi connectivity index (χ4n) is 7.00. The fraction of sp³-hybridized carbons (Fsp3) is 0.267. The van der Waals surface area contributed by atoms with Crippen LogP contribution in [-0.4, -0.2) is 55.2 Å². The van der Waals surface area contributed by atoms with Crippen molar-refractivity contribution in [2.75, 3.05) is 39.0 Å². The Morgan fingerprint density at radius 2 is 1.68 bits per heavy atom. The Bertz CT molecular complexity index is 1470. The van der Waals surface area contributed by atoms with Crippen molar-refractivity contribution in [3.8, 4) is 0 Å². The van der Waals surface area contributed by atoms with E-state index in [4.69, 9.17) is 0 Å². The molecule has 1 N–H and O–H groups in total. The molecule has 0 radical (unpaired) electrons. The molecule has 37 heavy (non-hydrogen) atoms. The molecular weight excluding hydrogens is 472 g/mol. The van der Waals surface area contributed by atoms with Crippen LogP contribution >= 0.6 is 0 Å². The molecule has 188 valence electrons. The molecule has 3 atom stereocenters. The van der Waals surface area contributed by atoms with Gasteiger partial charge in [0, 0.05) is 42.4 Å². The molecule has 7 heteroatoms. The van der Waals surface area contributed by atoms with Crippen LogP contribution in [-0.2, 0) is 15.1 Å². The standard InChI is InChI=1S/C30H27F2N3O2/c1-34-16-21(13-19-7-5-9-22(31)14-19)27(36)29(18-34)25(20-8-6-10-23(32)15-20)17-35(2)30(29)24-11-3-4-12-26(24)33-28(30)37/h3-15,25H,16-18H2,1-2H3,(H,33,37)/b21-13+/t25-,29+,30+/m1/s1. The summed E-state index contributed by atoms with van der Waals surface area (Å²) in [6.45, 7) is 1.05. The van der Waals surface area contributed by atoms with Gasteiger partial charge in [0.2, 0.25) is 0 Å². The summed E-state index contributed by atoms with van der Waals surface area (Å²) >= 11 is 0. The zero-order valence-corrected chi connectivity index (χ0v) is 20.7. The first kappa shape index (κ1) is 23.7. The minimum atomic E-state index is -1.30. The van der Waals surface area contributed by atoms with E-state index in [1.807, 2.05) is 54.2 Å². The number of nitrogens with one attached hydrogen (secondary N) is 1. The van der Waals surface area contributed by atoms with E-state index in [1.165, 1.54) is 24.3 Å². The number of nitrogens with zero attached hydrogens (tertiary/aromatic N) is 2. The van der Waals surface area contributed by atoms with E-state index in [2.05, 4.69) is 5.32 Å². The number of amides is 1. The van der Waals surface area contributed by atoms with E-state index in [0.29, 0.717) is 42.0 Å². The van der Waals surface area contributed by atoms with Crippen molar-refractivity contribution in [2.45, 2.75) is 11.5 Å². The number of anilines is 1. The number of fused-ring (bicyclic) bond motifs is 3. The van der Waals surface area contributed by atoms with Crippen LogP contribution in [0.4, 0.5) is 14.5 Å². The lowest BCUT2D eigenvalue weighted by Crippen LogP contribution is -2.65. The fourth-order valence-corrected chi connectivity index (χ4v) is 7.00.